The molecule has 0 atom stereocenters. The number of rotatable bonds is 8. The van der Waals surface area contributed by atoms with Gasteiger partial charge in [-0.05, 0) is 35.8 Å². The van der Waals surface area contributed by atoms with Crippen LogP contribution in [-0.2, 0) is 6.42 Å². The zero-order valence-electron chi connectivity index (χ0n) is 20.7. The average molecular weight is 462 g/mol. The van der Waals surface area contributed by atoms with E-state index in [1.807, 2.05) is 52.0 Å². The summed E-state index contributed by atoms with van der Waals surface area (Å²) in [4.78, 5) is 23.3. The van der Waals surface area contributed by atoms with Crippen molar-refractivity contribution < 1.29 is 4.79 Å². The van der Waals surface area contributed by atoms with E-state index >= 15 is 0 Å². The highest BCUT2D eigenvalue weighted by atomic mass is 16.1. The number of anilines is 1. The summed E-state index contributed by atoms with van der Waals surface area (Å²) in [5.74, 6) is 0.115. The third-order valence-corrected chi connectivity index (χ3v) is 4.82. The van der Waals surface area contributed by atoms with Gasteiger partial charge >= 0.3 is 0 Å². The standard InChI is InChI=1S/C24H29N7O.C2H6/c1-4-9-17-12-7-8-13-19(17)18(10-5-2)16-26-24(32)21-22(25)30-23(20(29-21)11-6-3)31-27-14-15-28-31;1-2/h5,7-10,12-15H,4,6,11,16H2,1-3H3,(H2,25,30)(H,26,32);1-2H3/b10-5-,17-9+,19-18+;. The second-order valence-electron chi connectivity index (χ2n) is 7.20. The highest BCUT2D eigenvalue weighted by Gasteiger charge is 2.19. The van der Waals surface area contributed by atoms with E-state index in [0.717, 1.165) is 28.9 Å². The minimum Gasteiger partial charge on any atom is -0.382 e. The van der Waals surface area contributed by atoms with Crippen molar-refractivity contribution in [1.82, 2.24) is 30.3 Å². The number of hydrogen-bond acceptors (Lipinski definition) is 6. The Hall–Kier alpha value is -3.81. The maximum absolute atomic E-state index is 13.0. The molecule has 34 heavy (non-hydrogen) atoms. The van der Waals surface area contributed by atoms with Gasteiger partial charge in [-0.25, -0.2) is 9.97 Å². The van der Waals surface area contributed by atoms with Crippen molar-refractivity contribution in [3.05, 3.63) is 70.6 Å². The molecule has 0 spiro atoms. The van der Waals surface area contributed by atoms with Crippen LogP contribution in [0.3, 0.4) is 0 Å². The van der Waals surface area contributed by atoms with E-state index in [9.17, 15) is 4.79 Å². The van der Waals surface area contributed by atoms with Gasteiger partial charge in [-0.2, -0.15) is 10.2 Å². The molecule has 3 N–H and O–H groups in total. The number of amides is 1. The number of nitrogen functional groups attached to an aromatic ring is 1. The Morgan fingerprint density at radius 1 is 1.12 bits per heavy atom. The van der Waals surface area contributed by atoms with Crippen LogP contribution >= 0.6 is 0 Å². The maximum atomic E-state index is 13.0. The third kappa shape index (κ3) is 6.60. The first kappa shape index (κ1) is 26.4. The first-order valence-corrected chi connectivity index (χ1v) is 11.8. The summed E-state index contributed by atoms with van der Waals surface area (Å²) in [6, 6.07) is 8.14. The summed E-state index contributed by atoms with van der Waals surface area (Å²) in [7, 11) is 0. The molecule has 0 unspecified atom stereocenters. The van der Waals surface area contributed by atoms with Gasteiger partial charge < -0.3 is 11.1 Å². The van der Waals surface area contributed by atoms with Crippen LogP contribution in [0.2, 0.25) is 0 Å². The molecular weight excluding hydrogens is 426 g/mol. The molecule has 0 aliphatic carbocycles. The highest BCUT2D eigenvalue weighted by molar-refractivity contribution is 5.97. The normalized spacial score (nSPS) is 12.3. The van der Waals surface area contributed by atoms with Crippen LogP contribution in [0.15, 0.2) is 48.8 Å². The third-order valence-electron chi connectivity index (χ3n) is 4.82. The lowest BCUT2D eigenvalue weighted by atomic mass is 10.1. The monoisotopic (exact) mass is 461 g/mol. The first-order chi connectivity index (χ1) is 16.6. The number of aryl methyl sites for hydroxylation is 1. The number of allylic oxidation sites excluding steroid dienone is 1. The van der Waals surface area contributed by atoms with Gasteiger partial charge in [-0.15, -0.1) is 4.80 Å². The van der Waals surface area contributed by atoms with Crippen molar-refractivity contribution in [3.8, 4) is 5.82 Å². The molecule has 8 heteroatoms. The summed E-state index contributed by atoms with van der Waals surface area (Å²) in [6.45, 7) is 10.4. The maximum Gasteiger partial charge on any atom is 0.274 e. The predicted molar refractivity (Wildman–Crippen MR) is 138 cm³/mol. The van der Waals surface area contributed by atoms with Crippen LogP contribution in [0.1, 0.15) is 63.6 Å². The summed E-state index contributed by atoms with van der Waals surface area (Å²) in [5.41, 5.74) is 7.84. The van der Waals surface area contributed by atoms with Crippen molar-refractivity contribution >= 4 is 23.4 Å². The fraction of sp³-hybridized carbons (Fsp3) is 0.346. The molecule has 0 fully saturated rings. The first-order valence-electron chi connectivity index (χ1n) is 11.8. The fourth-order valence-electron chi connectivity index (χ4n) is 3.42. The van der Waals surface area contributed by atoms with E-state index in [0.29, 0.717) is 24.5 Å². The quantitative estimate of drug-likeness (QED) is 0.533. The topological polar surface area (TPSA) is 112 Å². The molecule has 2 heterocycles. The Balaban J connectivity index is 0.00000199. The highest BCUT2D eigenvalue weighted by Crippen LogP contribution is 2.15. The van der Waals surface area contributed by atoms with Gasteiger partial charge in [-0.3, -0.25) is 4.79 Å². The number of carbonyl (C=O) groups excluding carboxylic acids is 1. The van der Waals surface area contributed by atoms with Gasteiger partial charge in [0.1, 0.15) is 0 Å². The molecule has 1 aromatic carbocycles. The van der Waals surface area contributed by atoms with Crippen molar-refractivity contribution in [2.45, 2.75) is 53.9 Å². The molecule has 3 rings (SSSR count). The van der Waals surface area contributed by atoms with Gasteiger partial charge in [0.25, 0.3) is 5.91 Å². The molecule has 0 aliphatic heterocycles. The molecular formula is C26H35N7O. The van der Waals surface area contributed by atoms with Crippen molar-refractivity contribution in [1.29, 1.82) is 0 Å². The molecule has 180 valence electrons. The lowest BCUT2D eigenvalue weighted by molar-refractivity contribution is 0.0954. The Labute approximate surface area is 201 Å². The molecule has 2 aromatic heterocycles. The summed E-state index contributed by atoms with van der Waals surface area (Å²) < 4.78 is 0. The molecule has 0 radical (unpaired) electrons. The van der Waals surface area contributed by atoms with Gasteiger partial charge in [0.2, 0.25) is 0 Å². The molecule has 0 saturated heterocycles. The molecule has 0 aliphatic rings. The number of benzene rings is 1. The molecule has 1 amide bonds. The second-order valence-corrected chi connectivity index (χ2v) is 7.20. The number of hydrogen-bond donors (Lipinski definition) is 2. The van der Waals surface area contributed by atoms with Gasteiger partial charge in [0, 0.05) is 6.54 Å². The number of nitrogens with two attached hydrogens (primary N) is 1. The average Bonchev–Trinajstić information content (AvgIpc) is 3.39. The van der Waals surface area contributed by atoms with E-state index in [-0.39, 0.29) is 17.4 Å². The zero-order valence-corrected chi connectivity index (χ0v) is 20.7. The number of nitrogens with zero attached hydrogens (tertiary/aromatic N) is 5. The SMILES string of the molecule is CC.C\C=C/C(CNC(=O)c1nc(CCC)c(-n2nccn2)nc1N)=c1/cccc/c1=C\CC. The van der Waals surface area contributed by atoms with Crippen molar-refractivity contribution in [2.24, 2.45) is 0 Å². The summed E-state index contributed by atoms with van der Waals surface area (Å²) >= 11 is 0. The Kier molecular flexibility index (Phi) is 10.6. The van der Waals surface area contributed by atoms with Gasteiger partial charge in [0.05, 0.1) is 18.1 Å². The van der Waals surface area contributed by atoms with Crippen LogP contribution in [0.25, 0.3) is 17.5 Å². The van der Waals surface area contributed by atoms with Crippen LogP contribution < -0.4 is 21.5 Å². The molecule has 3 aromatic rings. The Bertz CT molecular complexity index is 1210. The summed E-state index contributed by atoms with van der Waals surface area (Å²) in [5, 5.41) is 13.4. The fourth-order valence-corrected chi connectivity index (χ4v) is 3.42. The van der Waals surface area contributed by atoms with E-state index in [1.54, 1.807) is 12.4 Å². The van der Waals surface area contributed by atoms with Crippen LogP contribution in [0.4, 0.5) is 5.82 Å². The molecule has 8 nitrogen and oxygen atoms in total. The summed E-state index contributed by atoms with van der Waals surface area (Å²) in [6.07, 6.45) is 11.6. The molecule has 0 bridgehead atoms. The van der Waals surface area contributed by atoms with Crippen molar-refractivity contribution in [3.63, 3.8) is 0 Å². The smallest absolute Gasteiger partial charge is 0.274 e. The zero-order chi connectivity index (χ0) is 24.9. The number of carbonyl (C=O) groups is 1. The minimum absolute atomic E-state index is 0.0435. The van der Waals surface area contributed by atoms with Crippen LogP contribution in [0.5, 0.6) is 0 Å². The Morgan fingerprint density at radius 2 is 1.82 bits per heavy atom. The minimum atomic E-state index is -0.369. The van der Waals surface area contributed by atoms with E-state index in [4.69, 9.17) is 5.73 Å². The van der Waals surface area contributed by atoms with Crippen molar-refractivity contribution in [2.75, 3.05) is 12.3 Å². The number of nitrogens with one attached hydrogen (secondary N) is 1. The number of aromatic nitrogens is 5. The van der Waals surface area contributed by atoms with Gasteiger partial charge in [0.15, 0.2) is 17.3 Å². The van der Waals surface area contributed by atoms with Crippen LogP contribution in [0, 0.1) is 0 Å². The van der Waals surface area contributed by atoms with E-state index in [2.05, 4.69) is 50.6 Å². The lowest BCUT2D eigenvalue weighted by Gasteiger charge is -2.12. The largest absolute Gasteiger partial charge is 0.382 e. The second kappa shape index (κ2) is 13.7. The predicted octanol–water partition coefficient (Wildman–Crippen LogP) is 2.97. The van der Waals surface area contributed by atoms with Crippen LogP contribution in [-0.4, -0.2) is 37.4 Å². The van der Waals surface area contributed by atoms with E-state index < -0.39 is 0 Å². The Morgan fingerprint density at radius 3 is 2.47 bits per heavy atom. The van der Waals surface area contributed by atoms with E-state index in [1.165, 1.54) is 4.80 Å². The van der Waals surface area contributed by atoms with Gasteiger partial charge in [-0.1, -0.05) is 76.6 Å². The lowest BCUT2D eigenvalue weighted by Crippen LogP contribution is -2.33. The molecule has 0 saturated carbocycles.